The van der Waals surface area contributed by atoms with Crippen LogP contribution in [0.5, 0.6) is 5.75 Å². The van der Waals surface area contributed by atoms with Crippen molar-refractivity contribution in [3.63, 3.8) is 0 Å². The Hall–Kier alpha value is -2.17. The third-order valence-electron chi connectivity index (χ3n) is 6.18. The molecule has 2 amide bonds. The second-order valence-electron chi connectivity index (χ2n) is 8.42. The third kappa shape index (κ3) is 4.56. The summed E-state index contributed by atoms with van der Waals surface area (Å²) in [5, 5.41) is 5.68. The monoisotopic (exact) mass is 451 g/mol. The van der Waals surface area contributed by atoms with Gasteiger partial charge >= 0.3 is 0 Å². The normalized spacial score (nSPS) is 24.9. The fourth-order valence-electron chi connectivity index (χ4n) is 4.28. The molecule has 3 aliphatic heterocycles. The number of hydrogen-bond acceptors (Lipinski definition) is 6. The zero-order valence-electron chi connectivity index (χ0n) is 17.8. The summed E-state index contributed by atoms with van der Waals surface area (Å²) in [5.74, 6) is -0.144. The van der Waals surface area contributed by atoms with Gasteiger partial charge in [-0.1, -0.05) is 0 Å². The summed E-state index contributed by atoms with van der Waals surface area (Å²) >= 11 is 0. The van der Waals surface area contributed by atoms with Gasteiger partial charge in [0.2, 0.25) is 15.9 Å². The molecule has 0 spiro atoms. The standard InChI is InChI=1S/C21H29N3O6S/c1-13-10-17-18(30-14(2)20(25)23-17)11-19(13)31(27,28)24-7-5-15(6-8-24)21(26)22-12-16-4-3-9-29-16/h10-11,14-16H,3-9,12H2,1-2H3,(H,22,26)(H,23,25). The molecule has 0 saturated carbocycles. The predicted molar refractivity (Wildman–Crippen MR) is 113 cm³/mol. The van der Waals surface area contributed by atoms with E-state index in [-0.39, 0.29) is 41.8 Å². The number of fused-ring (bicyclic) bond motifs is 1. The Balaban J connectivity index is 1.40. The minimum Gasteiger partial charge on any atom is -0.479 e. The number of sulfonamides is 1. The van der Waals surface area contributed by atoms with Gasteiger partial charge in [-0.3, -0.25) is 9.59 Å². The highest BCUT2D eigenvalue weighted by Crippen LogP contribution is 2.36. The van der Waals surface area contributed by atoms with Crippen LogP contribution >= 0.6 is 0 Å². The van der Waals surface area contributed by atoms with E-state index in [0.717, 1.165) is 19.4 Å². The van der Waals surface area contributed by atoms with E-state index in [9.17, 15) is 18.0 Å². The summed E-state index contributed by atoms with van der Waals surface area (Å²) in [6.07, 6.45) is 2.34. The largest absolute Gasteiger partial charge is 0.479 e. The summed E-state index contributed by atoms with van der Waals surface area (Å²) in [4.78, 5) is 24.4. The van der Waals surface area contributed by atoms with Crippen molar-refractivity contribution in [2.45, 2.75) is 56.6 Å². The van der Waals surface area contributed by atoms with Crippen LogP contribution in [0, 0.1) is 12.8 Å². The summed E-state index contributed by atoms with van der Waals surface area (Å²) in [6.45, 7) is 5.13. The van der Waals surface area contributed by atoms with E-state index in [4.69, 9.17) is 9.47 Å². The Kier molecular flexibility index (Phi) is 6.23. The minimum atomic E-state index is -3.74. The maximum atomic E-state index is 13.3. The molecule has 170 valence electrons. The third-order valence-corrected chi connectivity index (χ3v) is 8.22. The van der Waals surface area contributed by atoms with Gasteiger partial charge in [0.1, 0.15) is 5.75 Å². The van der Waals surface area contributed by atoms with Crippen molar-refractivity contribution in [1.29, 1.82) is 0 Å². The molecule has 10 heteroatoms. The molecular formula is C21H29N3O6S. The Morgan fingerprint density at radius 3 is 2.68 bits per heavy atom. The van der Waals surface area contributed by atoms with Crippen molar-refractivity contribution in [3.8, 4) is 5.75 Å². The molecule has 2 N–H and O–H groups in total. The first-order valence-electron chi connectivity index (χ1n) is 10.8. The van der Waals surface area contributed by atoms with Crippen molar-refractivity contribution in [2.75, 3.05) is 31.6 Å². The Labute approximate surface area is 182 Å². The SMILES string of the molecule is Cc1cc2c(cc1S(=O)(=O)N1CCC(C(=O)NCC3CCCO3)CC1)OC(C)C(=O)N2. The van der Waals surface area contributed by atoms with Crippen LogP contribution in [0.1, 0.15) is 38.2 Å². The van der Waals surface area contributed by atoms with Crippen LogP contribution in [-0.2, 0) is 24.3 Å². The molecule has 31 heavy (non-hydrogen) atoms. The molecule has 3 heterocycles. The topological polar surface area (TPSA) is 114 Å². The Bertz CT molecular complexity index is 966. The van der Waals surface area contributed by atoms with Gasteiger partial charge in [-0.05, 0) is 51.2 Å². The lowest BCUT2D eigenvalue weighted by atomic mass is 9.97. The van der Waals surface area contributed by atoms with Gasteiger partial charge in [0.15, 0.2) is 6.10 Å². The fourth-order valence-corrected chi connectivity index (χ4v) is 5.97. The van der Waals surface area contributed by atoms with Gasteiger partial charge in [-0.2, -0.15) is 4.31 Å². The van der Waals surface area contributed by atoms with Crippen molar-refractivity contribution >= 4 is 27.5 Å². The second-order valence-corrected chi connectivity index (χ2v) is 10.3. The van der Waals surface area contributed by atoms with E-state index >= 15 is 0 Å². The lowest BCUT2D eigenvalue weighted by molar-refractivity contribution is -0.126. The van der Waals surface area contributed by atoms with Crippen LogP contribution in [0.2, 0.25) is 0 Å². The number of amides is 2. The molecule has 0 aliphatic carbocycles. The lowest BCUT2D eigenvalue weighted by Crippen LogP contribution is -2.44. The molecule has 1 aromatic rings. The molecule has 2 unspecified atom stereocenters. The van der Waals surface area contributed by atoms with Crippen molar-refractivity contribution in [2.24, 2.45) is 5.92 Å². The number of piperidine rings is 1. The minimum absolute atomic E-state index is 0.0318. The number of aryl methyl sites for hydroxylation is 1. The smallest absolute Gasteiger partial charge is 0.265 e. The van der Waals surface area contributed by atoms with Gasteiger partial charge in [0.25, 0.3) is 5.91 Å². The molecule has 0 aromatic heterocycles. The van der Waals surface area contributed by atoms with Crippen LogP contribution < -0.4 is 15.4 Å². The lowest BCUT2D eigenvalue weighted by Gasteiger charge is -2.31. The van der Waals surface area contributed by atoms with E-state index in [1.54, 1.807) is 19.9 Å². The summed E-state index contributed by atoms with van der Waals surface area (Å²) in [5.41, 5.74) is 1.01. The molecule has 2 atom stereocenters. The number of nitrogens with one attached hydrogen (secondary N) is 2. The highest BCUT2D eigenvalue weighted by atomic mass is 32.2. The number of carbonyl (C=O) groups excluding carboxylic acids is 2. The van der Waals surface area contributed by atoms with Gasteiger partial charge in [-0.25, -0.2) is 8.42 Å². The number of benzene rings is 1. The first-order chi connectivity index (χ1) is 14.8. The second kappa shape index (κ2) is 8.76. The Morgan fingerprint density at radius 2 is 2.00 bits per heavy atom. The molecule has 1 aromatic carbocycles. The summed E-state index contributed by atoms with van der Waals surface area (Å²) < 4.78 is 39.1. The van der Waals surface area contributed by atoms with E-state index in [0.29, 0.717) is 36.4 Å². The van der Waals surface area contributed by atoms with E-state index in [1.165, 1.54) is 10.4 Å². The first kappa shape index (κ1) is 22.0. The van der Waals surface area contributed by atoms with Gasteiger partial charge in [0.05, 0.1) is 16.7 Å². The number of anilines is 1. The Morgan fingerprint density at radius 1 is 1.26 bits per heavy atom. The quantitative estimate of drug-likeness (QED) is 0.700. The molecule has 2 saturated heterocycles. The highest BCUT2D eigenvalue weighted by molar-refractivity contribution is 7.89. The van der Waals surface area contributed by atoms with Gasteiger partial charge in [0, 0.05) is 38.2 Å². The molecule has 3 aliphatic rings. The molecular weight excluding hydrogens is 422 g/mol. The average molecular weight is 452 g/mol. The zero-order valence-corrected chi connectivity index (χ0v) is 18.7. The molecule has 0 radical (unpaired) electrons. The summed E-state index contributed by atoms with van der Waals surface area (Å²) in [7, 11) is -3.74. The van der Waals surface area contributed by atoms with Crippen LogP contribution in [0.3, 0.4) is 0 Å². The average Bonchev–Trinajstić information content (AvgIpc) is 3.26. The van der Waals surface area contributed by atoms with Crippen LogP contribution in [0.25, 0.3) is 0 Å². The van der Waals surface area contributed by atoms with Gasteiger partial charge in [-0.15, -0.1) is 0 Å². The highest BCUT2D eigenvalue weighted by Gasteiger charge is 2.34. The summed E-state index contributed by atoms with van der Waals surface area (Å²) in [6, 6.07) is 3.10. The molecule has 0 bridgehead atoms. The number of carbonyl (C=O) groups is 2. The van der Waals surface area contributed by atoms with Crippen LogP contribution in [-0.4, -0.2) is 63.0 Å². The van der Waals surface area contributed by atoms with Crippen molar-refractivity contribution in [1.82, 2.24) is 9.62 Å². The molecule has 2 fully saturated rings. The number of hydrogen-bond donors (Lipinski definition) is 2. The van der Waals surface area contributed by atoms with Gasteiger partial charge < -0.3 is 20.1 Å². The zero-order chi connectivity index (χ0) is 22.2. The van der Waals surface area contributed by atoms with Crippen molar-refractivity contribution < 1.29 is 27.5 Å². The fraction of sp³-hybridized carbons (Fsp3) is 0.619. The van der Waals surface area contributed by atoms with E-state index < -0.39 is 16.1 Å². The van der Waals surface area contributed by atoms with E-state index in [1.807, 2.05) is 0 Å². The molecule has 9 nitrogen and oxygen atoms in total. The maximum Gasteiger partial charge on any atom is 0.265 e. The first-order valence-corrected chi connectivity index (χ1v) is 12.2. The van der Waals surface area contributed by atoms with Crippen LogP contribution in [0.15, 0.2) is 17.0 Å². The van der Waals surface area contributed by atoms with Crippen molar-refractivity contribution in [3.05, 3.63) is 17.7 Å². The number of nitrogens with zero attached hydrogens (tertiary/aromatic N) is 1. The number of rotatable bonds is 5. The number of ether oxygens (including phenoxy) is 2. The maximum absolute atomic E-state index is 13.3. The predicted octanol–water partition coefficient (Wildman–Crippen LogP) is 1.41. The van der Waals surface area contributed by atoms with E-state index in [2.05, 4.69) is 10.6 Å². The van der Waals surface area contributed by atoms with Crippen LogP contribution in [0.4, 0.5) is 5.69 Å². The molecule has 4 rings (SSSR count).